The first-order valence-electron chi connectivity index (χ1n) is 6.42. The van der Waals surface area contributed by atoms with Crippen LogP contribution in [0.4, 0.5) is 17.1 Å². The van der Waals surface area contributed by atoms with Crippen LogP contribution in [0.25, 0.3) is 10.9 Å². The third-order valence-electron chi connectivity index (χ3n) is 3.16. The zero-order chi connectivity index (χ0) is 15.0. The van der Waals surface area contributed by atoms with Gasteiger partial charge in [0, 0.05) is 31.4 Å². The summed E-state index contributed by atoms with van der Waals surface area (Å²) in [5.41, 5.74) is 10.5. The minimum absolute atomic E-state index is 0.728. The summed E-state index contributed by atoms with van der Waals surface area (Å²) < 4.78 is 2.02. The second-order valence-corrected chi connectivity index (χ2v) is 6.61. The number of fused-ring (bicyclic) bond motifs is 1. The first-order chi connectivity index (χ1) is 10.0. The van der Waals surface area contributed by atoms with Crippen LogP contribution in [0.2, 0.25) is 0 Å². The van der Waals surface area contributed by atoms with Crippen LogP contribution in [0.5, 0.6) is 0 Å². The SMILES string of the molecule is Cc1cc(Nc2ccc(Br)cc2Br)c2cc(N)ccc2n1. The van der Waals surface area contributed by atoms with Gasteiger partial charge in [-0.3, -0.25) is 4.98 Å². The smallest absolute Gasteiger partial charge is 0.0727 e. The largest absolute Gasteiger partial charge is 0.399 e. The Morgan fingerprint density at radius 2 is 1.81 bits per heavy atom. The maximum atomic E-state index is 5.90. The molecule has 5 heteroatoms. The van der Waals surface area contributed by atoms with Crippen LogP contribution in [0, 0.1) is 6.92 Å². The minimum atomic E-state index is 0.728. The Labute approximate surface area is 139 Å². The lowest BCUT2D eigenvalue weighted by atomic mass is 10.1. The van der Waals surface area contributed by atoms with E-state index in [1.165, 1.54) is 0 Å². The molecule has 0 amide bonds. The molecule has 0 radical (unpaired) electrons. The lowest BCUT2D eigenvalue weighted by molar-refractivity contribution is 1.25. The number of aromatic nitrogens is 1. The van der Waals surface area contributed by atoms with Crippen LogP contribution < -0.4 is 11.1 Å². The molecule has 21 heavy (non-hydrogen) atoms. The molecule has 0 fully saturated rings. The number of hydrogen-bond acceptors (Lipinski definition) is 3. The van der Waals surface area contributed by atoms with Gasteiger partial charge in [-0.05, 0) is 65.3 Å². The molecule has 3 aromatic rings. The van der Waals surface area contributed by atoms with Gasteiger partial charge in [0.15, 0.2) is 0 Å². The van der Waals surface area contributed by atoms with Gasteiger partial charge < -0.3 is 11.1 Å². The second-order valence-electron chi connectivity index (χ2n) is 4.84. The summed E-state index contributed by atoms with van der Waals surface area (Å²) in [5, 5.41) is 4.46. The highest BCUT2D eigenvalue weighted by molar-refractivity contribution is 9.11. The highest BCUT2D eigenvalue weighted by Crippen LogP contribution is 2.32. The van der Waals surface area contributed by atoms with Gasteiger partial charge in [-0.15, -0.1) is 0 Å². The number of halogens is 2. The molecule has 0 atom stereocenters. The molecule has 0 aliphatic heterocycles. The van der Waals surface area contributed by atoms with E-state index in [4.69, 9.17) is 5.73 Å². The minimum Gasteiger partial charge on any atom is -0.399 e. The van der Waals surface area contributed by atoms with Gasteiger partial charge >= 0.3 is 0 Å². The third-order valence-corrected chi connectivity index (χ3v) is 4.31. The van der Waals surface area contributed by atoms with Gasteiger partial charge in [0.25, 0.3) is 0 Å². The van der Waals surface area contributed by atoms with Crippen LogP contribution in [0.15, 0.2) is 51.4 Å². The van der Waals surface area contributed by atoms with E-state index in [0.29, 0.717) is 0 Å². The summed E-state index contributed by atoms with van der Waals surface area (Å²) in [6, 6.07) is 13.8. The van der Waals surface area contributed by atoms with Gasteiger partial charge in [-0.1, -0.05) is 15.9 Å². The topological polar surface area (TPSA) is 50.9 Å². The van der Waals surface area contributed by atoms with Crippen LogP contribution in [0.1, 0.15) is 5.69 Å². The van der Waals surface area contributed by atoms with Crippen molar-refractivity contribution in [3.8, 4) is 0 Å². The summed E-state index contributed by atoms with van der Waals surface area (Å²) >= 11 is 7.03. The maximum absolute atomic E-state index is 5.90. The maximum Gasteiger partial charge on any atom is 0.0727 e. The van der Waals surface area contributed by atoms with Crippen LogP contribution in [-0.2, 0) is 0 Å². The number of benzene rings is 2. The van der Waals surface area contributed by atoms with Crippen LogP contribution >= 0.6 is 31.9 Å². The summed E-state index contributed by atoms with van der Waals surface area (Å²) in [4.78, 5) is 4.54. The van der Waals surface area contributed by atoms with Crippen molar-refractivity contribution in [1.29, 1.82) is 0 Å². The first kappa shape index (κ1) is 14.4. The predicted octanol–water partition coefficient (Wildman–Crippen LogP) is 5.39. The third kappa shape index (κ3) is 3.04. The zero-order valence-electron chi connectivity index (χ0n) is 11.3. The van der Waals surface area contributed by atoms with E-state index >= 15 is 0 Å². The van der Waals surface area contributed by atoms with Crippen molar-refractivity contribution in [2.24, 2.45) is 0 Å². The van der Waals surface area contributed by atoms with Crippen LogP contribution in [0.3, 0.4) is 0 Å². The lowest BCUT2D eigenvalue weighted by Gasteiger charge is -2.13. The van der Waals surface area contributed by atoms with Crippen molar-refractivity contribution in [1.82, 2.24) is 4.98 Å². The fourth-order valence-corrected chi connectivity index (χ4v) is 3.36. The Morgan fingerprint density at radius 1 is 1.00 bits per heavy atom. The number of anilines is 3. The average molecular weight is 407 g/mol. The zero-order valence-corrected chi connectivity index (χ0v) is 14.5. The van der Waals surface area contributed by atoms with Gasteiger partial charge in [-0.25, -0.2) is 0 Å². The lowest BCUT2D eigenvalue weighted by Crippen LogP contribution is -1.96. The van der Waals surface area contributed by atoms with Gasteiger partial charge in [-0.2, -0.15) is 0 Å². The molecule has 0 aliphatic carbocycles. The highest BCUT2D eigenvalue weighted by atomic mass is 79.9. The molecule has 0 saturated heterocycles. The van der Waals surface area contributed by atoms with E-state index in [2.05, 4.69) is 42.2 Å². The van der Waals surface area contributed by atoms with E-state index in [0.717, 1.165) is 42.6 Å². The number of aryl methyl sites for hydroxylation is 1. The number of rotatable bonds is 2. The van der Waals surface area contributed by atoms with Crippen molar-refractivity contribution in [2.45, 2.75) is 6.92 Å². The van der Waals surface area contributed by atoms with Gasteiger partial charge in [0.1, 0.15) is 0 Å². The molecule has 0 unspecified atom stereocenters. The van der Waals surface area contributed by atoms with Crippen molar-refractivity contribution in [2.75, 3.05) is 11.1 Å². The standard InChI is InChI=1S/C16H13Br2N3/c1-9-6-16(12-8-11(19)3-5-14(12)20-9)21-15-4-2-10(17)7-13(15)18/h2-8H,19H2,1H3,(H,20,21). The molecule has 0 bridgehead atoms. The number of nitrogens with two attached hydrogens (primary N) is 1. The predicted molar refractivity (Wildman–Crippen MR) is 96.0 cm³/mol. The molecule has 1 heterocycles. The number of nitrogens with zero attached hydrogens (tertiary/aromatic N) is 1. The van der Waals surface area contributed by atoms with E-state index in [9.17, 15) is 0 Å². The van der Waals surface area contributed by atoms with E-state index in [1.54, 1.807) is 0 Å². The molecule has 1 aromatic heterocycles. The normalized spacial score (nSPS) is 10.8. The molecule has 3 nitrogen and oxygen atoms in total. The molecule has 3 rings (SSSR count). The highest BCUT2D eigenvalue weighted by Gasteiger charge is 2.07. The quantitative estimate of drug-likeness (QED) is 0.560. The van der Waals surface area contributed by atoms with Gasteiger partial charge in [0.05, 0.1) is 11.2 Å². The molecule has 106 valence electrons. The summed E-state index contributed by atoms with van der Waals surface area (Å²) in [6.45, 7) is 1.98. The van der Waals surface area contributed by atoms with E-state index in [1.807, 2.05) is 49.4 Å². The Bertz CT molecular complexity index is 831. The van der Waals surface area contributed by atoms with E-state index in [-0.39, 0.29) is 0 Å². The second kappa shape index (κ2) is 5.66. The van der Waals surface area contributed by atoms with E-state index < -0.39 is 0 Å². The first-order valence-corrected chi connectivity index (χ1v) is 8.00. The van der Waals surface area contributed by atoms with Gasteiger partial charge in [0.2, 0.25) is 0 Å². The number of nitrogen functional groups attached to an aromatic ring is 1. The Balaban J connectivity index is 2.13. The van der Waals surface area contributed by atoms with Crippen molar-refractivity contribution in [3.05, 3.63) is 57.1 Å². The Morgan fingerprint density at radius 3 is 2.57 bits per heavy atom. The Kier molecular flexibility index (Phi) is 3.87. The van der Waals surface area contributed by atoms with Crippen LogP contribution in [-0.4, -0.2) is 4.98 Å². The fraction of sp³-hybridized carbons (Fsp3) is 0.0625. The van der Waals surface area contributed by atoms with Crippen molar-refractivity contribution < 1.29 is 0 Å². The summed E-state index contributed by atoms with van der Waals surface area (Å²) in [5.74, 6) is 0. The van der Waals surface area contributed by atoms with Crippen molar-refractivity contribution >= 4 is 59.8 Å². The molecular formula is C16H13Br2N3. The Hall–Kier alpha value is -1.59. The summed E-state index contributed by atoms with van der Waals surface area (Å²) in [7, 11) is 0. The molecule has 3 N–H and O–H groups in total. The van der Waals surface area contributed by atoms with Crippen molar-refractivity contribution in [3.63, 3.8) is 0 Å². The molecule has 0 saturated carbocycles. The number of pyridine rings is 1. The molecular weight excluding hydrogens is 394 g/mol. The molecule has 0 aliphatic rings. The average Bonchev–Trinajstić information content (AvgIpc) is 2.42. The molecule has 0 spiro atoms. The summed E-state index contributed by atoms with van der Waals surface area (Å²) in [6.07, 6.45) is 0. The number of hydrogen-bond donors (Lipinski definition) is 2. The fourth-order valence-electron chi connectivity index (χ4n) is 2.22. The monoisotopic (exact) mass is 405 g/mol. The number of nitrogens with one attached hydrogen (secondary N) is 1. The molecule has 2 aromatic carbocycles.